The molecule has 0 saturated heterocycles. The molecule has 1 rings (SSSR count). The first-order valence-electron chi connectivity index (χ1n) is 2.64. The molecular weight excluding hydrogens is 203 g/mol. The Morgan fingerprint density at radius 3 is 2.90 bits per heavy atom. The van der Waals surface area contributed by atoms with Crippen LogP contribution in [0.15, 0.2) is 11.4 Å². The van der Waals surface area contributed by atoms with Gasteiger partial charge in [0.1, 0.15) is 0 Å². The Bertz CT molecular complexity index is 217. The smallest absolute Gasteiger partial charge is 0 e. The van der Waals surface area contributed by atoms with Gasteiger partial charge in [0.05, 0.1) is 0 Å². The normalized spacial score (nSPS) is 9.80. The molecule has 0 aliphatic rings. The van der Waals surface area contributed by atoms with Crippen molar-refractivity contribution in [2.75, 3.05) is 0 Å². The average Bonchev–Trinajstić information content (AvgIpc) is 2.17. The topological polar surface area (TPSA) is 30.2 Å². The van der Waals surface area contributed by atoms with Gasteiger partial charge in [0.15, 0.2) is 0 Å². The first-order valence-corrected chi connectivity index (χ1v) is 2.64. The molecule has 1 aromatic heterocycles. The van der Waals surface area contributed by atoms with Crippen molar-refractivity contribution in [3.8, 4) is 0 Å². The summed E-state index contributed by atoms with van der Waals surface area (Å²) in [6.45, 7) is 3.59. The molecule has 0 unspecified atom stereocenters. The second kappa shape index (κ2) is 4.75. The predicted octanol–water partition coefficient (Wildman–Crippen LogP) is 0.720. The molecule has 0 spiro atoms. The van der Waals surface area contributed by atoms with Gasteiger partial charge in [0, 0.05) is 32.7 Å². The standard InChI is InChI=1S/C6H7N3.Y/c1-3-8-9-4-6(2)7-5-9;/h5H,1-2H3;/q-2;. The summed E-state index contributed by atoms with van der Waals surface area (Å²) in [4.78, 5) is 3.91. The fourth-order valence-corrected chi connectivity index (χ4v) is 0.523. The maximum Gasteiger partial charge on any atom is 0 e. The molecular formula is C6H7N3Y-2. The first-order chi connectivity index (χ1) is 4.33. The van der Waals surface area contributed by atoms with Crippen LogP contribution >= 0.6 is 0 Å². The molecule has 0 fully saturated rings. The van der Waals surface area contributed by atoms with Crippen LogP contribution in [0.1, 0.15) is 12.6 Å². The summed E-state index contributed by atoms with van der Waals surface area (Å²) < 4.78 is 1.50. The van der Waals surface area contributed by atoms with E-state index >= 15 is 0 Å². The number of hydrogen-bond donors (Lipinski definition) is 0. The van der Waals surface area contributed by atoms with E-state index in [-0.39, 0.29) is 32.7 Å². The summed E-state index contributed by atoms with van der Waals surface area (Å²) in [5, 5.41) is 3.78. The predicted molar refractivity (Wildman–Crippen MR) is 34.3 cm³/mol. The number of rotatable bonds is 1. The third-order valence-corrected chi connectivity index (χ3v) is 0.845. The Kier molecular flexibility index (Phi) is 4.74. The maximum atomic E-state index is 3.91. The minimum atomic E-state index is 0. The number of aromatic nitrogens is 2. The van der Waals surface area contributed by atoms with Gasteiger partial charge < -0.3 is 21.0 Å². The Labute approximate surface area is 85.4 Å². The third-order valence-electron chi connectivity index (χ3n) is 0.845. The van der Waals surface area contributed by atoms with Crippen LogP contribution < -0.4 is 0 Å². The van der Waals surface area contributed by atoms with Crippen molar-refractivity contribution < 1.29 is 32.7 Å². The van der Waals surface area contributed by atoms with E-state index in [0.717, 1.165) is 5.69 Å². The van der Waals surface area contributed by atoms with Gasteiger partial charge in [0.25, 0.3) is 0 Å². The average molecular weight is 210 g/mol. The van der Waals surface area contributed by atoms with Crippen LogP contribution in [0.4, 0.5) is 0 Å². The summed E-state index contributed by atoms with van der Waals surface area (Å²) >= 11 is 0. The van der Waals surface area contributed by atoms with E-state index in [0.29, 0.717) is 0 Å². The molecule has 0 bridgehead atoms. The zero-order valence-corrected chi connectivity index (χ0v) is 8.83. The molecule has 3 nitrogen and oxygen atoms in total. The van der Waals surface area contributed by atoms with Gasteiger partial charge in [-0.05, 0) is 13.3 Å². The first kappa shape index (κ1) is 9.98. The van der Waals surface area contributed by atoms with Gasteiger partial charge in [-0.15, -0.1) is 6.20 Å². The van der Waals surface area contributed by atoms with Crippen molar-refractivity contribution in [1.82, 2.24) is 9.66 Å². The molecule has 0 atom stereocenters. The Morgan fingerprint density at radius 1 is 1.80 bits per heavy atom. The molecule has 1 radical (unpaired) electrons. The zero-order chi connectivity index (χ0) is 6.69. The Morgan fingerprint density at radius 2 is 2.50 bits per heavy atom. The maximum absolute atomic E-state index is 3.91. The Balaban J connectivity index is 0.000000810. The van der Waals surface area contributed by atoms with Crippen molar-refractivity contribution >= 4 is 6.21 Å². The third kappa shape index (κ3) is 2.71. The van der Waals surface area contributed by atoms with Crippen molar-refractivity contribution in [3.63, 3.8) is 0 Å². The largest absolute Gasteiger partial charge is 0.428 e. The number of imidazole rings is 1. The summed E-state index contributed by atoms with van der Waals surface area (Å²) in [5.41, 5.74) is 0.842. The van der Waals surface area contributed by atoms with Gasteiger partial charge in [0.2, 0.25) is 0 Å². The fraction of sp³-hybridized carbons (Fsp3) is 0.333. The van der Waals surface area contributed by atoms with Gasteiger partial charge >= 0.3 is 0 Å². The minimum absolute atomic E-state index is 0. The van der Waals surface area contributed by atoms with Crippen LogP contribution in [0.25, 0.3) is 0 Å². The molecule has 0 saturated carbocycles. The van der Waals surface area contributed by atoms with Crippen LogP contribution in [-0.2, 0) is 32.7 Å². The number of hydrogen-bond acceptors (Lipinski definition) is 2. The molecule has 51 valence electrons. The molecule has 0 aliphatic carbocycles. The summed E-state index contributed by atoms with van der Waals surface area (Å²) in [7, 11) is 0. The number of nitrogens with zero attached hydrogens (tertiary/aromatic N) is 3. The summed E-state index contributed by atoms with van der Waals surface area (Å²) in [5.74, 6) is 0. The fourth-order valence-electron chi connectivity index (χ4n) is 0.523. The van der Waals surface area contributed by atoms with Crippen molar-refractivity contribution in [2.24, 2.45) is 5.10 Å². The minimum Gasteiger partial charge on any atom is -0.428 e. The van der Waals surface area contributed by atoms with E-state index < -0.39 is 0 Å². The van der Waals surface area contributed by atoms with Crippen LogP contribution in [0.2, 0.25) is 0 Å². The molecule has 4 heteroatoms. The van der Waals surface area contributed by atoms with E-state index in [2.05, 4.69) is 22.5 Å². The van der Waals surface area contributed by atoms with Gasteiger partial charge in [-0.2, -0.15) is 6.92 Å². The summed E-state index contributed by atoms with van der Waals surface area (Å²) in [6, 6.07) is 0. The molecule has 10 heavy (non-hydrogen) atoms. The SMILES string of the molecule is C[C-]=Nn1[c-]c(C)nc1.[Y]. The van der Waals surface area contributed by atoms with E-state index in [4.69, 9.17) is 0 Å². The molecule has 0 N–H and O–H groups in total. The van der Waals surface area contributed by atoms with Crippen LogP contribution in [-0.4, -0.2) is 15.9 Å². The number of aryl methyl sites for hydroxylation is 1. The van der Waals surface area contributed by atoms with E-state index in [1.54, 1.807) is 13.3 Å². The van der Waals surface area contributed by atoms with E-state index in [9.17, 15) is 0 Å². The van der Waals surface area contributed by atoms with Gasteiger partial charge in [-0.1, -0.05) is 5.69 Å². The molecule has 0 amide bonds. The van der Waals surface area contributed by atoms with Gasteiger partial charge in [-0.25, -0.2) is 0 Å². The van der Waals surface area contributed by atoms with Crippen LogP contribution in [0, 0.1) is 13.1 Å². The van der Waals surface area contributed by atoms with E-state index in [1.807, 2.05) is 6.92 Å². The second-order valence-corrected chi connectivity index (χ2v) is 1.61. The molecule has 1 aromatic rings. The van der Waals surface area contributed by atoms with Crippen LogP contribution in [0.3, 0.4) is 0 Å². The van der Waals surface area contributed by atoms with Crippen LogP contribution in [0.5, 0.6) is 0 Å². The van der Waals surface area contributed by atoms with Gasteiger partial charge in [-0.3, -0.25) is 0 Å². The molecule has 0 aliphatic heterocycles. The van der Waals surface area contributed by atoms with Crippen molar-refractivity contribution in [1.29, 1.82) is 0 Å². The second-order valence-electron chi connectivity index (χ2n) is 1.61. The zero-order valence-electron chi connectivity index (χ0n) is 6.00. The monoisotopic (exact) mass is 210 g/mol. The molecule has 0 aromatic carbocycles. The molecule has 1 heterocycles. The van der Waals surface area contributed by atoms with E-state index in [1.165, 1.54) is 4.68 Å². The summed E-state index contributed by atoms with van der Waals surface area (Å²) in [6.07, 6.45) is 7.06. The quantitative estimate of drug-likeness (QED) is 0.496. The Hall–Kier alpha value is -0.0161. The van der Waals surface area contributed by atoms with Crippen molar-refractivity contribution in [3.05, 3.63) is 18.2 Å². The van der Waals surface area contributed by atoms with Crippen molar-refractivity contribution in [2.45, 2.75) is 13.8 Å².